The predicted molar refractivity (Wildman–Crippen MR) is 44.7 cm³/mol. The molecule has 2 rings (SSSR count). The maximum Gasteiger partial charge on any atom is 0.0855 e. The fourth-order valence-electron chi connectivity index (χ4n) is 1.51. The maximum absolute atomic E-state index is 5.96. The van der Waals surface area contributed by atoms with Crippen molar-refractivity contribution in [2.45, 2.75) is 13.0 Å². The van der Waals surface area contributed by atoms with Crippen LogP contribution in [0.1, 0.15) is 11.3 Å². The van der Waals surface area contributed by atoms with Crippen LogP contribution in [0.5, 0.6) is 0 Å². The average molecular weight is 170 g/mol. The molecule has 0 spiro atoms. The van der Waals surface area contributed by atoms with Gasteiger partial charge >= 0.3 is 0 Å². The number of aryl methyl sites for hydroxylation is 1. The number of nitrogens with one attached hydrogen (secondary N) is 1. The molecular weight excluding hydrogens is 160 g/mol. The van der Waals surface area contributed by atoms with Crippen LogP contribution in [-0.4, -0.2) is 11.1 Å². The molecule has 0 bridgehead atoms. The molecule has 0 unspecified atom stereocenters. The topological polar surface area (TPSA) is 17.0 Å². The molecule has 1 N–H and O–H groups in total. The van der Waals surface area contributed by atoms with Crippen LogP contribution in [0.3, 0.4) is 0 Å². The van der Waals surface area contributed by atoms with Crippen molar-refractivity contribution >= 4 is 11.6 Å². The summed E-state index contributed by atoms with van der Waals surface area (Å²) in [5, 5.41) is 4.09. The van der Waals surface area contributed by atoms with E-state index in [-0.39, 0.29) is 0 Å². The summed E-state index contributed by atoms with van der Waals surface area (Å²) >= 11 is 5.96. The van der Waals surface area contributed by atoms with Gasteiger partial charge in [0.15, 0.2) is 0 Å². The molecule has 1 aromatic heterocycles. The Hall–Kier alpha value is -0.470. The van der Waals surface area contributed by atoms with E-state index in [1.807, 2.05) is 11.6 Å². The van der Waals surface area contributed by atoms with Crippen LogP contribution in [0.2, 0.25) is 5.02 Å². The van der Waals surface area contributed by atoms with Crippen molar-refractivity contribution in [3.63, 3.8) is 0 Å². The summed E-state index contributed by atoms with van der Waals surface area (Å²) < 4.78 is 1.98. The molecule has 11 heavy (non-hydrogen) atoms. The van der Waals surface area contributed by atoms with Gasteiger partial charge in [0, 0.05) is 19.3 Å². The molecule has 0 amide bonds. The molecule has 1 aliphatic rings. The zero-order valence-electron chi connectivity index (χ0n) is 6.45. The summed E-state index contributed by atoms with van der Waals surface area (Å²) in [6.45, 7) is 1.96. The number of halogens is 1. The zero-order chi connectivity index (χ0) is 7.84. The lowest BCUT2D eigenvalue weighted by molar-refractivity contribution is 0.610. The quantitative estimate of drug-likeness (QED) is 0.616. The third kappa shape index (κ3) is 1.06. The highest BCUT2D eigenvalue weighted by molar-refractivity contribution is 6.31. The summed E-state index contributed by atoms with van der Waals surface area (Å²) in [5.41, 5.74) is 2.55. The predicted octanol–water partition coefficient (Wildman–Crippen LogP) is 1.12. The maximum atomic E-state index is 5.96. The van der Waals surface area contributed by atoms with E-state index in [9.17, 15) is 0 Å². The minimum absolute atomic E-state index is 0.795. The molecule has 1 aliphatic heterocycles. The van der Waals surface area contributed by atoms with E-state index in [0.29, 0.717) is 0 Å². The Morgan fingerprint density at radius 2 is 2.45 bits per heavy atom. The Balaban J connectivity index is 2.52. The van der Waals surface area contributed by atoms with Crippen molar-refractivity contribution in [1.29, 1.82) is 0 Å². The summed E-state index contributed by atoms with van der Waals surface area (Å²) in [6, 6.07) is 0. The average Bonchev–Trinajstić information content (AvgIpc) is 2.30. The zero-order valence-corrected chi connectivity index (χ0v) is 7.20. The molecule has 0 saturated heterocycles. The fourth-order valence-corrected chi connectivity index (χ4v) is 1.84. The Kier molecular flexibility index (Phi) is 1.66. The van der Waals surface area contributed by atoms with E-state index in [2.05, 4.69) is 11.5 Å². The molecule has 0 aromatic carbocycles. The normalized spacial score (nSPS) is 16.5. The molecule has 0 fully saturated rings. The first-order chi connectivity index (χ1) is 5.29. The number of fused-ring (bicyclic) bond motifs is 1. The second-order valence-electron chi connectivity index (χ2n) is 2.84. The van der Waals surface area contributed by atoms with Gasteiger partial charge in [-0.15, -0.1) is 0 Å². The minimum Gasteiger partial charge on any atom is -0.344 e. The molecule has 0 aliphatic carbocycles. The van der Waals surface area contributed by atoms with E-state index in [0.717, 1.165) is 24.5 Å². The van der Waals surface area contributed by atoms with Gasteiger partial charge in [-0.25, -0.2) is 0 Å². The Morgan fingerprint density at radius 3 is 3.18 bits per heavy atom. The van der Waals surface area contributed by atoms with Gasteiger partial charge in [-0.1, -0.05) is 11.6 Å². The SMILES string of the molecule is Cn1[c]c(Cl)c2c1CNCC2. The summed E-state index contributed by atoms with van der Waals surface area (Å²) in [7, 11) is 1.98. The smallest absolute Gasteiger partial charge is 0.0855 e. The molecule has 0 atom stereocenters. The second kappa shape index (κ2) is 2.54. The van der Waals surface area contributed by atoms with Crippen molar-refractivity contribution in [2.75, 3.05) is 6.54 Å². The van der Waals surface area contributed by atoms with Crippen LogP contribution in [0.15, 0.2) is 0 Å². The second-order valence-corrected chi connectivity index (χ2v) is 3.21. The van der Waals surface area contributed by atoms with Gasteiger partial charge in [0.25, 0.3) is 0 Å². The number of aromatic nitrogens is 1. The van der Waals surface area contributed by atoms with Crippen LogP contribution in [-0.2, 0) is 20.0 Å². The molecule has 1 radical (unpaired) electrons. The summed E-state index contributed by atoms with van der Waals surface area (Å²) in [6.07, 6.45) is 4.09. The van der Waals surface area contributed by atoms with E-state index in [4.69, 9.17) is 11.6 Å². The van der Waals surface area contributed by atoms with Gasteiger partial charge in [0.05, 0.1) is 11.2 Å². The first kappa shape index (κ1) is 7.19. The van der Waals surface area contributed by atoms with Crippen LogP contribution < -0.4 is 5.32 Å². The van der Waals surface area contributed by atoms with E-state index in [1.54, 1.807) is 0 Å². The molecule has 3 heteroatoms. The standard InChI is InChI=1S/C8H10ClN2/c1-11-5-7(9)6-2-3-10-4-8(6)11/h10H,2-4H2,1H3. The molecule has 2 heterocycles. The molecule has 1 aromatic rings. The van der Waals surface area contributed by atoms with Gasteiger partial charge in [0.2, 0.25) is 0 Å². The van der Waals surface area contributed by atoms with E-state index < -0.39 is 0 Å². The highest BCUT2D eigenvalue weighted by Gasteiger charge is 2.15. The number of nitrogens with zero attached hydrogens (tertiary/aromatic N) is 1. The highest BCUT2D eigenvalue weighted by Crippen LogP contribution is 2.23. The Labute approximate surface area is 71.2 Å². The number of rotatable bonds is 0. The molecule has 59 valence electrons. The monoisotopic (exact) mass is 169 g/mol. The van der Waals surface area contributed by atoms with Crippen molar-refractivity contribution in [1.82, 2.24) is 9.88 Å². The Bertz CT molecular complexity index is 251. The van der Waals surface area contributed by atoms with E-state index in [1.165, 1.54) is 11.3 Å². The summed E-state index contributed by atoms with van der Waals surface area (Å²) in [5.74, 6) is 0. The van der Waals surface area contributed by atoms with Gasteiger partial charge in [-0.2, -0.15) is 0 Å². The van der Waals surface area contributed by atoms with Crippen molar-refractivity contribution in [3.8, 4) is 0 Å². The van der Waals surface area contributed by atoms with Crippen LogP contribution in [0.4, 0.5) is 0 Å². The van der Waals surface area contributed by atoms with Crippen LogP contribution in [0, 0.1) is 6.20 Å². The van der Waals surface area contributed by atoms with Crippen molar-refractivity contribution < 1.29 is 0 Å². The number of hydrogen-bond acceptors (Lipinski definition) is 1. The lowest BCUT2D eigenvalue weighted by atomic mass is 10.1. The third-order valence-electron chi connectivity index (χ3n) is 2.13. The lowest BCUT2D eigenvalue weighted by Crippen LogP contribution is -2.24. The highest BCUT2D eigenvalue weighted by atomic mass is 35.5. The van der Waals surface area contributed by atoms with Gasteiger partial charge in [0.1, 0.15) is 0 Å². The first-order valence-corrected chi connectivity index (χ1v) is 4.13. The van der Waals surface area contributed by atoms with E-state index >= 15 is 0 Å². The largest absolute Gasteiger partial charge is 0.344 e. The fraction of sp³-hybridized carbons (Fsp3) is 0.500. The molecular formula is C8H10ClN2. The van der Waals surface area contributed by atoms with Crippen molar-refractivity contribution in [3.05, 3.63) is 22.5 Å². The van der Waals surface area contributed by atoms with Crippen LogP contribution >= 0.6 is 11.6 Å². The summed E-state index contributed by atoms with van der Waals surface area (Å²) in [4.78, 5) is 0. The molecule has 2 nitrogen and oxygen atoms in total. The minimum atomic E-state index is 0.795. The van der Waals surface area contributed by atoms with Gasteiger partial charge in [-0.05, 0) is 18.5 Å². The number of hydrogen-bond donors (Lipinski definition) is 1. The van der Waals surface area contributed by atoms with Gasteiger partial charge in [-0.3, -0.25) is 0 Å². The lowest BCUT2D eigenvalue weighted by Gasteiger charge is -2.14. The molecule has 0 saturated carbocycles. The first-order valence-electron chi connectivity index (χ1n) is 3.75. The van der Waals surface area contributed by atoms with Gasteiger partial charge < -0.3 is 9.88 Å². The Morgan fingerprint density at radius 1 is 1.64 bits per heavy atom. The van der Waals surface area contributed by atoms with Crippen molar-refractivity contribution in [2.24, 2.45) is 7.05 Å². The van der Waals surface area contributed by atoms with Crippen LogP contribution in [0.25, 0.3) is 0 Å². The third-order valence-corrected chi connectivity index (χ3v) is 2.44.